The minimum Gasteiger partial charge on any atom is -0.480 e. The predicted molar refractivity (Wildman–Crippen MR) is 235 cm³/mol. The Hall–Kier alpha value is -2.56. The molecule has 0 heterocycles. The molecule has 0 aliphatic rings. The zero-order valence-electron chi connectivity index (χ0n) is 36.4. The van der Waals surface area contributed by atoms with E-state index in [1.165, 1.54) is 116 Å². The van der Waals surface area contributed by atoms with E-state index in [9.17, 15) is 23.8 Å². The number of allylic oxidation sites excluding steroid dienone is 8. The smallest absolute Gasteiger partial charge is 0.472 e. The molecule has 0 bridgehead atoms. The molecule has 0 radical (unpaired) electrons. The number of hydrogen-bond donors (Lipinski definition) is 3. The van der Waals surface area contributed by atoms with Gasteiger partial charge in [-0.2, -0.15) is 0 Å². The molecule has 0 saturated carbocycles. The van der Waals surface area contributed by atoms with Gasteiger partial charge in [0.05, 0.1) is 13.2 Å². The van der Waals surface area contributed by atoms with Crippen LogP contribution in [0.25, 0.3) is 0 Å². The van der Waals surface area contributed by atoms with Gasteiger partial charge in [0, 0.05) is 12.8 Å². The Bertz CT molecular complexity index is 1170. The summed E-state index contributed by atoms with van der Waals surface area (Å²) < 4.78 is 32.6. The fourth-order valence-corrected chi connectivity index (χ4v) is 6.75. The lowest BCUT2D eigenvalue weighted by atomic mass is 10.1. The van der Waals surface area contributed by atoms with Crippen LogP contribution in [0.1, 0.15) is 194 Å². The van der Waals surface area contributed by atoms with Crippen molar-refractivity contribution in [2.45, 2.75) is 206 Å². The number of hydrogen-bond acceptors (Lipinski definition) is 9. The third-order valence-corrected chi connectivity index (χ3v) is 10.5. The highest BCUT2D eigenvalue weighted by atomic mass is 31.2. The highest BCUT2D eigenvalue weighted by Crippen LogP contribution is 2.43. The Balaban J connectivity index is 4.46. The van der Waals surface area contributed by atoms with Crippen LogP contribution in [0.4, 0.5) is 0 Å². The number of carboxylic acid groups (broad SMARTS) is 1. The van der Waals surface area contributed by atoms with E-state index in [0.29, 0.717) is 25.7 Å². The number of rotatable bonds is 42. The Morgan fingerprint density at radius 1 is 0.534 bits per heavy atom. The maximum Gasteiger partial charge on any atom is 0.472 e. The normalized spacial score (nSPS) is 14.1. The van der Waals surface area contributed by atoms with Crippen molar-refractivity contribution in [1.82, 2.24) is 0 Å². The lowest BCUT2D eigenvalue weighted by Gasteiger charge is -2.20. The molecule has 4 N–H and O–H groups in total. The summed E-state index contributed by atoms with van der Waals surface area (Å²) in [4.78, 5) is 45.9. The van der Waals surface area contributed by atoms with Crippen molar-refractivity contribution in [3.05, 3.63) is 48.6 Å². The Kier molecular flexibility index (Phi) is 39.4. The number of unbranched alkanes of at least 4 members (excludes halogenated alkanes) is 20. The van der Waals surface area contributed by atoms with E-state index in [1.54, 1.807) is 0 Å². The third-order valence-electron chi connectivity index (χ3n) is 9.55. The summed E-state index contributed by atoms with van der Waals surface area (Å²) in [6.07, 6.45) is 46.2. The molecule has 58 heavy (non-hydrogen) atoms. The summed E-state index contributed by atoms with van der Waals surface area (Å²) in [5.41, 5.74) is 5.33. The molecule has 336 valence electrons. The quantitative estimate of drug-likeness (QED) is 0.0231. The molecule has 0 aliphatic carbocycles. The van der Waals surface area contributed by atoms with Crippen molar-refractivity contribution >= 4 is 25.7 Å². The van der Waals surface area contributed by atoms with Gasteiger partial charge >= 0.3 is 25.7 Å². The van der Waals surface area contributed by atoms with E-state index in [1.807, 2.05) is 12.2 Å². The SMILES string of the molecule is CCCCCCCCCCC/C=C/C/C=C/CCCC(=O)OC[C@H](COP(=O)(O)OC[C@H](N)C(=O)O)OC(=O)CCC/C=C/C/C=C/CCCCCCCCCCC. The van der Waals surface area contributed by atoms with Crippen molar-refractivity contribution in [1.29, 1.82) is 0 Å². The molecule has 11 nitrogen and oxygen atoms in total. The topological polar surface area (TPSA) is 172 Å². The Labute approximate surface area is 352 Å². The van der Waals surface area contributed by atoms with Gasteiger partial charge in [0.15, 0.2) is 6.10 Å². The molecule has 12 heteroatoms. The minimum absolute atomic E-state index is 0.0881. The standard InChI is InChI=1S/C46H82NO10P/c1-3-5-7-9-11-13-15-17-19-21-23-25-27-29-31-33-35-37-44(48)54-39-42(40-55-58(52,53)56-41-43(47)46(50)51)57-45(49)38-36-34-32-30-28-26-24-22-20-18-16-14-12-10-8-6-4-2/h23-26,29-32,42-43H,3-22,27-28,33-41,47H2,1-2H3,(H,50,51)(H,52,53)/b25-23+,26-24+,31-29+,32-30+/t42-,43+/m1/s1. The second kappa shape index (κ2) is 41.2. The Morgan fingerprint density at radius 3 is 1.34 bits per heavy atom. The van der Waals surface area contributed by atoms with Crippen LogP contribution in [0.15, 0.2) is 48.6 Å². The molecule has 0 spiro atoms. The van der Waals surface area contributed by atoms with Gasteiger partial charge in [0.1, 0.15) is 12.6 Å². The van der Waals surface area contributed by atoms with Crippen molar-refractivity contribution in [2.75, 3.05) is 19.8 Å². The summed E-state index contributed by atoms with van der Waals surface area (Å²) in [7, 11) is -4.74. The van der Waals surface area contributed by atoms with Crippen LogP contribution >= 0.6 is 7.82 Å². The monoisotopic (exact) mass is 840 g/mol. The second-order valence-corrected chi connectivity index (χ2v) is 16.6. The summed E-state index contributed by atoms with van der Waals surface area (Å²) >= 11 is 0. The molecular formula is C46H82NO10P. The number of ether oxygens (including phenoxy) is 2. The molecule has 0 aliphatic heterocycles. The largest absolute Gasteiger partial charge is 0.480 e. The zero-order valence-corrected chi connectivity index (χ0v) is 37.3. The second-order valence-electron chi connectivity index (χ2n) is 15.2. The number of carbonyl (C=O) groups is 3. The highest BCUT2D eigenvalue weighted by molar-refractivity contribution is 7.47. The van der Waals surface area contributed by atoms with Gasteiger partial charge in [-0.15, -0.1) is 0 Å². The molecule has 0 aromatic carbocycles. The average Bonchev–Trinajstić information content (AvgIpc) is 3.20. The third kappa shape index (κ3) is 40.2. The molecule has 0 fully saturated rings. The van der Waals surface area contributed by atoms with Crippen LogP contribution in [0, 0.1) is 0 Å². The van der Waals surface area contributed by atoms with Gasteiger partial charge < -0.3 is 25.2 Å². The van der Waals surface area contributed by atoms with Crippen LogP contribution < -0.4 is 5.73 Å². The van der Waals surface area contributed by atoms with Crippen molar-refractivity contribution in [2.24, 2.45) is 5.73 Å². The van der Waals surface area contributed by atoms with E-state index in [-0.39, 0.29) is 19.4 Å². The molecule has 0 saturated heterocycles. The van der Waals surface area contributed by atoms with E-state index < -0.39 is 51.1 Å². The first-order valence-corrected chi connectivity index (χ1v) is 24.2. The summed E-state index contributed by atoms with van der Waals surface area (Å²) in [5.74, 6) is -2.49. The number of phosphoric ester groups is 1. The van der Waals surface area contributed by atoms with Crippen molar-refractivity contribution in [3.8, 4) is 0 Å². The molecule has 1 unspecified atom stereocenters. The lowest BCUT2D eigenvalue weighted by molar-refractivity contribution is -0.161. The first-order chi connectivity index (χ1) is 28.1. The van der Waals surface area contributed by atoms with Gasteiger partial charge in [-0.05, 0) is 64.2 Å². The summed E-state index contributed by atoms with van der Waals surface area (Å²) in [5, 5.41) is 8.89. The lowest BCUT2D eigenvalue weighted by Crippen LogP contribution is -2.34. The van der Waals surface area contributed by atoms with Crippen LogP contribution in [0.3, 0.4) is 0 Å². The number of aliphatic carboxylic acids is 1. The maximum absolute atomic E-state index is 12.6. The van der Waals surface area contributed by atoms with Gasteiger partial charge in [-0.1, -0.05) is 165 Å². The number of phosphoric acid groups is 1. The van der Waals surface area contributed by atoms with Crippen LogP contribution in [0.5, 0.6) is 0 Å². The molecule has 0 rings (SSSR count). The van der Waals surface area contributed by atoms with Gasteiger partial charge in [0.2, 0.25) is 0 Å². The fourth-order valence-electron chi connectivity index (χ4n) is 5.97. The van der Waals surface area contributed by atoms with Gasteiger partial charge in [0.25, 0.3) is 0 Å². The fraction of sp³-hybridized carbons (Fsp3) is 0.761. The number of carboxylic acids is 1. The Morgan fingerprint density at radius 2 is 0.914 bits per heavy atom. The highest BCUT2D eigenvalue weighted by Gasteiger charge is 2.28. The molecule has 0 aromatic heterocycles. The van der Waals surface area contributed by atoms with E-state index in [4.69, 9.17) is 24.8 Å². The molecule has 0 aromatic rings. The van der Waals surface area contributed by atoms with Crippen LogP contribution in [-0.2, 0) is 37.5 Å². The van der Waals surface area contributed by atoms with Crippen molar-refractivity contribution < 1.29 is 47.5 Å². The van der Waals surface area contributed by atoms with Crippen LogP contribution in [-0.4, -0.2) is 59.9 Å². The minimum atomic E-state index is -4.74. The molecule has 0 amide bonds. The van der Waals surface area contributed by atoms with E-state index >= 15 is 0 Å². The molecule has 3 atom stereocenters. The number of carbonyl (C=O) groups excluding carboxylic acids is 2. The zero-order chi connectivity index (χ0) is 42.8. The van der Waals surface area contributed by atoms with Gasteiger partial charge in [-0.25, -0.2) is 4.57 Å². The number of esters is 2. The number of nitrogens with two attached hydrogens (primary N) is 1. The van der Waals surface area contributed by atoms with Crippen molar-refractivity contribution in [3.63, 3.8) is 0 Å². The summed E-state index contributed by atoms with van der Waals surface area (Å²) in [6, 6.07) is -1.53. The first kappa shape index (κ1) is 55.4. The predicted octanol–water partition coefficient (Wildman–Crippen LogP) is 12.2. The summed E-state index contributed by atoms with van der Waals surface area (Å²) in [6.45, 7) is 2.72. The van der Waals surface area contributed by atoms with E-state index in [2.05, 4.69) is 54.8 Å². The maximum atomic E-state index is 12.6. The molecular weight excluding hydrogens is 757 g/mol. The van der Waals surface area contributed by atoms with E-state index in [0.717, 1.165) is 25.7 Å². The van der Waals surface area contributed by atoms with Crippen LogP contribution in [0.2, 0.25) is 0 Å². The average molecular weight is 840 g/mol. The first-order valence-electron chi connectivity index (χ1n) is 22.7. The van der Waals surface area contributed by atoms with Gasteiger partial charge in [-0.3, -0.25) is 23.4 Å².